The van der Waals surface area contributed by atoms with Crippen molar-refractivity contribution in [3.05, 3.63) is 94.5 Å². The van der Waals surface area contributed by atoms with Gasteiger partial charge in [-0.3, -0.25) is 13.9 Å². The summed E-state index contributed by atoms with van der Waals surface area (Å²) in [5.41, 5.74) is 4.65. The van der Waals surface area contributed by atoms with Crippen molar-refractivity contribution in [3.63, 3.8) is 0 Å². The van der Waals surface area contributed by atoms with Gasteiger partial charge in [0.1, 0.15) is 12.6 Å². The number of anilines is 1. The SMILES string of the molecule is Cc1ccc(CN(C(=O)CN(c2ccc(C)c(C)c2)S(=O)(=O)c2ccc(C)cc2)[C@H](C)C(=O)NC(C)(C)C)cc1. The van der Waals surface area contributed by atoms with Crippen molar-refractivity contribution in [1.29, 1.82) is 0 Å². The Bertz CT molecular complexity index is 1460. The highest BCUT2D eigenvalue weighted by molar-refractivity contribution is 7.92. The summed E-state index contributed by atoms with van der Waals surface area (Å²) in [4.78, 5) is 28.8. The van der Waals surface area contributed by atoms with Crippen molar-refractivity contribution in [2.45, 2.75) is 78.4 Å². The van der Waals surface area contributed by atoms with E-state index in [-0.39, 0.29) is 17.3 Å². The summed E-state index contributed by atoms with van der Waals surface area (Å²) in [5.74, 6) is -0.793. The lowest BCUT2D eigenvalue weighted by Crippen LogP contribution is -2.54. The third-order valence-corrected chi connectivity index (χ3v) is 8.59. The number of nitrogens with zero attached hydrogens (tertiary/aromatic N) is 2. The number of carbonyl (C=O) groups excluding carboxylic acids is 2. The van der Waals surface area contributed by atoms with Crippen LogP contribution in [0.1, 0.15) is 55.5 Å². The van der Waals surface area contributed by atoms with Crippen molar-refractivity contribution in [2.24, 2.45) is 0 Å². The van der Waals surface area contributed by atoms with Gasteiger partial charge >= 0.3 is 0 Å². The van der Waals surface area contributed by atoms with Gasteiger partial charge in [0.15, 0.2) is 0 Å². The first-order chi connectivity index (χ1) is 18.6. The maximum absolute atomic E-state index is 14.0. The predicted octanol–water partition coefficient (Wildman–Crippen LogP) is 5.45. The molecule has 1 atom stereocenters. The minimum atomic E-state index is -4.10. The van der Waals surface area contributed by atoms with Crippen LogP contribution < -0.4 is 9.62 Å². The van der Waals surface area contributed by atoms with E-state index >= 15 is 0 Å². The first-order valence-electron chi connectivity index (χ1n) is 13.4. The molecule has 3 aromatic rings. The fraction of sp³-hybridized carbons (Fsp3) is 0.375. The summed E-state index contributed by atoms with van der Waals surface area (Å²) in [6.45, 7) is 14.7. The standard InChI is InChI=1S/C32H41N3O4S/c1-22-9-14-27(15-10-22)20-34(26(5)31(37)33-32(6,7)8)30(36)21-35(28-16-13-24(3)25(4)19-28)40(38,39)29-17-11-23(2)12-18-29/h9-19,26H,20-21H2,1-8H3,(H,33,37)/t26-/m1/s1. The minimum absolute atomic E-state index is 0.0905. The van der Waals surface area contributed by atoms with Crippen LogP contribution in [0.25, 0.3) is 0 Å². The maximum atomic E-state index is 14.0. The number of rotatable bonds is 9. The molecule has 0 aliphatic carbocycles. The highest BCUT2D eigenvalue weighted by atomic mass is 32.2. The second-order valence-electron chi connectivity index (χ2n) is 11.5. The van der Waals surface area contributed by atoms with Crippen LogP contribution in [0.3, 0.4) is 0 Å². The van der Waals surface area contributed by atoms with Gasteiger partial charge < -0.3 is 10.2 Å². The lowest BCUT2D eigenvalue weighted by molar-refractivity contribution is -0.140. The largest absolute Gasteiger partial charge is 0.350 e. The molecule has 0 heterocycles. The lowest BCUT2D eigenvalue weighted by Gasteiger charge is -2.33. The van der Waals surface area contributed by atoms with Crippen LogP contribution in [0, 0.1) is 27.7 Å². The highest BCUT2D eigenvalue weighted by Gasteiger charge is 2.33. The zero-order valence-corrected chi connectivity index (χ0v) is 25.6. The Morgan fingerprint density at radius 3 is 1.90 bits per heavy atom. The predicted molar refractivity (Wildman–Crippen MR) is 161 cm³/mol. The van der Waals surface area contributed by atoms with E-state index in [2.05, 4.69) is 5.32 Å². The number of sulfonamides is 1. The van der Waals surface area contributed by atoms with Crippen molar-refractivity contribution < 1.29 is 18.0 Å². The molecular weight excluding hydrogens is 522 g/mol. The number of amides is 2. The van der Waals surface area contributed by atoms with E-state index in [1.165, 1.54) is 4.90 Å². The molecule has 0 unspecified atom stereocenters. The molecule has 3 aromatic carbocycles. The Morgan fingerprint density at radius 2 is 1.38 bits per heavy atom. The normalized spacial score (nSPS) is 12.5. The number of benzene rings is 3. The van der Waals surface area contributed by atoms with Crippen LogP contribution in [-0.2, 0) is 26.2 Å². The van der Waals surface area contributed by atoms with Gasteiger partial charge in [0.05, 0.1) is 10.6 Å². The van der Waals surface area contributed by atoms with Crippen LogP contribution in [0.4, 0.5) is 5.69 Å². The summed E-state index contributed by atoms with van der Waals surface area (Å²) in [6, 6.07) is 18.8. The molecule has 3 rings (SSSR count). The zero-order chi connectivity index (χ0) is 29.8. The average molecular weight is 564 g/mol. The van der Waals surface area contributed by atoms with Crippen LogP contribution in [0.5, 0.6) is 0 Å². The van der Waals surface area contributed by atoms with E-state index in [1.54, 1.807) is 43.3 Å². The van der Waals surface area contributed by atoms with E-state index in [4.69, 9.17) is 0 Å². The smallest absolute Gasteiger partial charge is 0.264 e. The van der Waals surface area contributed by atoms with Gasteiger partial charge in [-0.2, -0.15) is 0 Å². The van der Waals surface area contributed by atoms with Gasteiger partial charge in [-0.15, -0.1) is 0 Å². The Kier molecular flexibility index (Phi) is 9.46. The Hall–Kier alpha value is -3.65. The first-order valence-corrected chi connectivity index (χ1v) is 14.9. The molecule has 0 fully saturated rings. The van der Waals surface area contributed by atoms with Crippen molar-refractivity contribution in [1.82, 2.24) is 10.2 Å². The number of carbonyl (C=O) groups is 2. The summed E-state index contributed by atoms with van der Waals surface area (Å²) in [5, 5.41) is 2.94. The molecule has 40 heavy (non-hydrogen) atoms. The van der Waals surface area contributed by atoms with E-state index in [9.17, 15) is 18.0 Å². The van der Waals surface area contributed by atoms with Crippen LogP contribution in [0.2, 0.25) is 0 Å². The Labute approximate surface area is 239 Å². The average Bonchev–Trinajstić information content (AvgIpc) is 2.87. The van der Waals surface area contributed by atoms with Gasteiger partial charge in [0, 0.05) is 12.1 Å². The topological polar surface area (TPSA) is 86.8 Å². The summed E-state index contributed by atoms with van der Waals surface area (Å²) in [6.07, 6.45) is 0. The zero-order valence-electron chi connectivity index (χ0n) is 24.8. The summed E-state index contributed by atoms with van der Waals surface area (Å²) in [7, 11) is -4.10. The molecule has 214 valence electrons. The van der Waals surface area contributed by atoms with Crippen LogP contribution >= 0.6 is 0 Å². The summed E-state index contributed by atoms with van der Waals surface area (Å²) >= 11 is 0. The van der Waals surface area contributed by atoms with Gasteiger partial charge in [0.2, 0.25) is 11.8 Å². The van der Waals surface area contributed by atoms with Crippen molar-refractivity contribution in [3.8, 4) is 0 Å². The van der Waals surface area contributed by atoms with E-state index < -0.39 is 34.1 Å². The fourth-order valence-electron chi connectivity index (χ4n) is 4.19. The first kappa shape index (κ1) is 30.9. The quantitative estimate of drug-likeness (QED) is 0.375. The van der Waals surface area contributed by atoms with Crippen LogP contribution in [-0.4, -0.2) is 43.3 Å². The van der Waals surface area contributed by atoms with E-state index in [1.807, 2.05) is 78.8 Å². The molecule has 2 amide bonds. The molecule has 0 saturated carbocycles. The third-order valence-electron chi connectivity index (χ3n) is 6.81. The summed E-state index contributed by atoms with van der Waals surface area (Å²) < 4.78 is 29.1. The van der Waals surface area contributed by atoms with Gasteiger partial charge in [0.25, 0.3) is 10.0 Å². The second-order valence-corrected chi connectivity index (χ2v) is 13.4. The fourth-order valence-corrected chi connectivity index (χ4v) is 5.60. The molecule has 0 aromatic heterocycles. The van der Waals surface area contributed by atoms with Gasteiger partial charge in [-0.1, -0.05) is 53.6 Å². The highest BCUT2D eigenvalue weighted by Crippen LogP contribution is 2.27. The van der Waals surface area contributed by atoms with E-state index in [0.717, 1.165) is 32.1 Å². The molecule has 0 radical (unpaired) electrons. The molecule has 0 saturated heterocycles. The Balaban J connectivity index is 2.06. The Morgan fingerprint density at radius 1 is 0.825 bits per heavy atom. The molecule has 8 heteroatoms. The van der Waals surface area contributed by atoms with E-state index in [0.29, 0.717) is 5.69 Å². The molecule has 0 aliphatic heterocycles. The van der Waals surface area contributed by atoms with Gasteiger partial charge in [-0.05, 0) is 96.3 Å². The van der Waals surface area contributed by atoms with Crippen molar-refractivity contribution in [2.75, 3.05) is 10.8 Å². The number of hydrogen-bond acceptors (Lipinski definition) is 4. The molecule has 0 spiro atoms. The molecule has 7 nitrogen and oxygen atoms in total. The molecule has 1 N–H and O–H groups in total. The number of aryl methyl sites for hydroxylation is 4. The number of nitrogens with one attached hydrogen (secondary N) is 1. The maximum Gasteiger partial charge on any atom is 0.264 e. The molecular formula is C32H41N3O4S. The van der Waals surface area contributed by atoms with Crippen LogP contribution in [0.15, 0.2) is 71.6 Å². The number of hydrogen-bond donors (Lipinski definition) is 1. The van der Waals surface area contributed by atoms with Gasteiger partial charge in [-0.25, -0.2) is 8.42 Å². The monoisotopic (exact) mass is 563 g/mol. The third kappa shape index (κ3) is 7.72. The minimum Gasteiger partial charge on any atom is -0.350 e. The molecule has 0 aliphatic rings. The van der Waals surface area contributed by atoms with Crippen molar-refractivity contribution >= 4 is 27.5 Å². The molecule has 0 bridgehead atoms. The second kappa shape index (κ2) is 12.3. The lowest BCUT2D eigenvalue weighted by atomic mass is 10.1.